The lowest BCUT2D eigenvalue weighted by Crippen LogP contribution is -2.41. The molecule has 0 aliphatic carbocycles. The minimum Gasteiger partial charge on any atom is -0.480 e. The summed E-state index contributed by atoms with van der Waals surface area (Å²) in [5.74, 6) is -1.70. The minimum absolute atomic E-state index is 0.0855. The molecule has 0 spiro atoms. The van der Waals surface area contributed by atoms with E-state index >= 15 is 0 Å². The standard InChI is InChI=1S/C12H14Cl2N2O4/c13-7-1-2-8(14)9(5-7)16-11(18)6-10(12(19)20)15-3-4-17/h1-2,5,10,15,17H,3-4,6H2,(H,16,18)(H,19,20)/t10-/m0/s1. The molecule has 1 amide bonds. The van der Waals surface area contributed by atoms with Crippen LogP contribution in [0.4, 0.5) is 5.69 Å². The molecule has 6 nitrogen and oxygen atoms in total. The third kappa shape index (κ3) is 5.34. The number of rotatable bonds is 7. The highest BCUT2D eigenvalue weighted by molar-refractivity contribution is 6.35. The number of aliphatic hydroxyl groups excluding tert-OH is 1. The summed E-state index contributed by atoms with van der Waals surface area (Å²) in [7, 11) is 0. The van der Waals surface area contributed by atoms with Crippen molar-refractivity contribution in [2.45, 2.75) is 12.5 Å². The molecule has 0 aromatic heterocycles. The molecule has 4 N–H and O–H groups in total. The van der Waals surface area contributed by atoms with E-state index in [-0.39, 0.29) is 19.6 Å². The maximum absolute atomic E-state index is 11.8. The number of nitrogens with one attached hydrogen (secondary N) is 2. The van der Waals surface area contributed by atoms with Gasteiger partial charge < -0.3 is 20.8 Å². The van der Waals surface area contributed by atoms with Gasteiger partial charge in [0.25, 0.3) is 0 Å². The van der Waals surface area contributed by atoms with Crippen LogP contribution in [0.3, 0.4) is 0 Å². The molecule has 0 saturated carbocycles. The number of amides is 1. The van der Waals surface area contributed by atoms with Gasteiger partial charge in [0.1, 0.15) is 6.04 Å². The number of carboxylic acids is 1. The number of carboxylic acid groups (broad SMARTS) is 1. The molecule has 1 rings (SSSR count). The maximum Gasteiger partial charge on any atom is 0.321 e. The van der Waals surface area contributed by atoms with Crippen molar-refractivity contribution in [3.8, 4) is 0 Å². The van der Waals surface area contributed by atoms with E-state index < -0.39 is 17.9 Å². The number of carbonyl (C=O) groups is 2. The summed E-state index contributed by atoms with van der Waals surface area (Å²) in [5, 5.41) is 23.3. The molecule has 1 atom stereocenters. The van der Waals surface area contributed by atoms with E-state index in [1.807, 2.05) is 0 Å². The molecule has 1 aromatic carbocycles. The van der Waals surface area contributed by atoms with Gasteiger partial charge in [-0.1, -0.05) is 23.2 Å². The van der Waals surface area contributed by atoms with E-state index in [0.29, 0.717) is 15.7 Å². The van der Waals surface area contributed by atoms with Crippen molar-refractivity contribution >= 4 is 40.8 Å². The van der Waals surface area contributed by atoms with E-state index in [1.165, 1.54) is 12.1 Å². The zero-order valence-corrected chi connectivity index (χ0v) is 11.9. The fourth-order valence-corrected chi connectivity index (χ4v) is 1.80. The highest BCUT2D eigenvalue weighted by atomic mass is 35.5. The Bertz CT molecular complexity index is 496. The normalized spacial score (nSPS) is 11.9. The zero-order chi connectivity index (χ0) is 15.1. The summed E-state index contributed by atoms with van der Waals surface area (Å²) in [6.07, 6.45) is -0.293. The second kappa shape index (κ2) is 8.06. The Morgan fingerprint density at radius 1 is 1.30 bits per heavy atom. The molecular formula is C12H14Cl2N2O4. The lowest BCUT2D eigenvalue weighted by atomic mass is 10.2. The molecule has 0 aliphatic rings. The number of carbonyl (C=O) groups excluding carboxylic acids is 1. The molecule has 0 fully saturated rings. The molecule has 110 valence electrons. The number of anilines is 1. The number of hydrogen-bond acceptors (Lipinski definition) is 4. The van der Waals surface area contributed by atoms with Gasteiger partial charge in [-0.05, 0) is 18.2 Å². The topological polar surface area (TPSA) is 98.7 Å². The van der Waals surface area contributed by atoms with E-state index in [0.717, 1.165) is 0 Å². The number of aliphatic carboxylic acids is 1. The van der Waals surface area contributed by atoms with Crippen LogP contribution in [0.2, 0.25) is 10.0 Å². The Kier molecular flexibility index (Phi) is 6.74. The summed E-state index contributed by atoms with van der Waals surface area (Å²) in [6, 6.07) is 3.49. The average Bonchev–Trinajstić information content (AvgIpc) is 2.38. The second-order valence-corrected chi connectivity index (χ2v) is 4.79. The van der Waals surface area contributed by atoms with Crippen molar-refractivity contribution in [1.29, 1.82) is 0 Å². The van der Waals surface area contributed by atoms with Crippen LogP contribution in [0.1, 0.15) is 6.42 Å². The lowest BCUT2D eigenvalue weighted by Gasteiger charge is -2.14. The van der Waals surface area contributed by atoms with Crippen LogP contribution >= 0.6 is 23.2 Å². The van der Waals surface area contributed by atoms with Gasteiger partial charge in [-0.2, -0.15) is 0 Å². The number of hydrogen-bond donors (Lipinski definition) is 4. The third-order valence-electron chi connectivity index (χ3n) is 2.39. The van der Waals surface area contributed by atoms with Crippen LogP contribution in [-0.4, -0.2) is 41.3 Å². The molecule has 8 heteroatoms. The first-order valence-corrected chi connectivity index (χ1v) is 6.51. The Morgan fingerprint density at radius 2 is 2.00 bits per heavy atom. The van der Waals surface area contributed by atoms with Gasteiger partial charge in [0, 0.05) is 11.6 Å². The van der Waals surface area contributed by atoms with Gasteiger partial charge >= 0.3 is 5.97 Å². The van der Waals surface area contributed by atoms with E-state index in [1.54, 1.807) is 6.07 Å². The molecule has 1 aromatic rings. The summed E-state index contributed by atoms with van der Waals surface area (Å²) < 4.78 is 0. The van der Waals surface area contributed by atoms with Gasteiger partial charge in [-0.25, -0.2) is 0 Å². The van der Waals surface area contributed by atoms with E-state index in [9.17, 15) is 9.59 Å². The first-order chi connectivity index (χ1) is 9.43. The van der Waals surface area contributed by atoms with E-state index in [4.69, 9.17) is 33.4 Å². The molecule has 0 saturated heterocycles. The molecule has 20 heavy (non-hydrogen) atoms. The molecule has 0 heterocycles. The van der Waals surface area contributed by atoms with Crippen LogP contribution in [0, 0.1) is 0 Å². The van der Waals surface area contributed by atoms with Gasteiger partial charge in [-0.3, -0.25) is 9.59 Å². The van der Waals surface area contributed by atoms with Gasteiger partial charge in [0.15, 0.2) is 0 Å². The quantitative estimate of drug-likeness (QED) is 0.608. The summed E-state index contributed by atoms with van der Waals surface area (Å²) in [5.41, 5.74) is 0.315. The number of aliphatic hydroxyl groups is 1. The van der Waals surface area contributed by atoms with Crippen LogP contribution in [0.25, 0.3) is 0 Å². The van der Waals surface area contributed by atoms with Crippen molar-refractivity contribution < 1.29 is 19.8 Å². The first kappa shape index (κ1) is 16.7. The molecule has 0 radical (unpaired) electrons. The monoisotopic (exact) mass is 320 g/mol. The highest BCUT2D eigenvalue weighted by Gasteiger charge is 2.20. The smallest absolute Gasteiger partial charge is 0.321 e. The van der Waals surface area contributed by atoms with Crippen LogP contribution in [0.15, 0.2) is 18.2 Å². The second-order valence-electron chi connectivity index (χ2n) is 3.95. The molecule has 0 aliphatic heterocycles. The number of benzene rings is 1. The Morgan fingerprint density at radius 3 is 2.60 bits per heavy atom. The summed E-state index contributed by atoms with van der Waals surface area (Å²) in [4.78, 5) is 22.7. The summed E-state index contributed by atoms with van der Waals surface area (Å²) in [6.45, 7) is -0.131. The van der Waals surface area contributed by atoms with Crippen LogP contribution < -0.4 is 10.6 Å². The van der Waals surface area contributed by atoms with Gasteiger partial charge in [-0.15, -0.1) is 0 Å². The zero-order valence-electron chi connectivity index (χ0n) is 10.4. The SMILES string of the molecule is O=C(C[C@H](NCCO)C(=O)O)Nc1cc(Cl)ccc1Cl. The Labute approximate surface area is 125 Å². The van der Waals surface area contributed by atoms with E-state index in [2.05, 4.69) is 10.6 Å². The van der Waals surface area contributed by atoms with Crippen molar-refractivity contribution in [3.63, 3.8) is 0 Å². The lowest BCUT2D eigenvalue weighted by molar-refractivity contribution is -0.141. The van der Waals surface area contributed by atoms with Gasteiger partial charge in [0.2, 0.25) is 5.91 Å². The first-order valence-electron chi connectivity index (χ1n) is 5.76. The van der Waals surface area contributed by atoms with Crippen molar-refractivity contribution in [2.75, 3.05) is 18.5 Å². The Hall–Kier alpha value is -1.34. The predicted octanol–water partition coefficient (Wildman–Crippen LogP) is 1.36. The molecular weight excluding hydrogens is 307 g/mol. The highest BCUT2D eigenvalue weighted by Crippen LogP contribution is 2.25. The maximum atomic E-state index is 11.8. The minimum atomic E-state index is -1.18. The number of halogens is 2. The van der Waals surface area contributed by atoms with Crippen molar-refractivity contribution in [3.05, 3.63) is 28.2 Å². The predicted molar refractivity (Wildman–Crippen MR) is 76.2 cm³/mol. The van der Waals surface area contributed by atoms with Gasteiger partial charge in [0.05, 0.1) is 23.7 Å². The average molecular weight is 321 g/mol. The largest absolute Gasteiger partial charge is 0.480 e. The van der Waals surface area contributed by atoms with Crippen LogP contribution in [-0.2, 0) is 9.59 Å². The fraction of sp³-hybridized carbons (Fsp3) is 0.333. The molecule has 0 unspecified atom stereocenters. The summed E-state index contributed by atoms with van der Waals surface area (Å²) >= 11 is 11.7. The van der Waals surface area contributed by atoms with Crippen molar-refractivity contribution in [1.82, 2.24) is 5.32 Å². The Balaban J connectivity index is 2.65. The third-order valence-corrected chi connectivity index (χ3v) is 2.96. The molecule has 0 bridgehead atoms. The van der Waals surface area contributed by atoms with Crippen molar-refractivity contribution in [2.24, 2.45) is 0 Å². The van der Waals surface area contributed by atoms with Crippen LogP contribution in [0.5, 0.6) is 0 Å². The fourth-order valence-electron chi connectivity index (χ4n) is 1.47.